The molecular weight excluding hydrogens is 427 g/mol. The molecule has 0 saturated heterocycles. The van der Waals surface area contributed by atoms with Gasteiger partial charge in [-0.15, -0.1) is 0 Å². The highest BCUT2D eigenvalue weighted by Crippen LogP contribution is 2.40. The van der Waals surface area contributed by atoms with Gasteiger partial charge in [-0.25, -0.2) is 4.39 Å². The molecule has 4 rings (SSSR count). The molecule has 3 aromatic carbocycles. The number of hydrogen-bond donors (Lipinski definition) is 0. The zero-order chi connectivity index (χ0) is 24.5. The third kappa shape index (κ3) is 6.85. The summed E-state index contributed by atoms with van der Waals surface area (Å²) >= 11 is 0. The Hall–Kier alpha value is -2.85. The van der Waals surface area contributed by atoms with Gasteiger partial charge in [-0.05, 0) is 98.1 Å². The standard InChI is InChI=1S/C34H39F/c1-3-5-7-9-26-11-13-28(14-12-26)15-16-29-19-23-33-31(25-29)22-24-32(34(33)35)30-20-17-27(18-21-30)10-8-6-4-2/h3,5,11-14,19,22-25,27,30H,4,6-10,17-18,20-21H2,1-2H3/b5-3+. The van der Waals surface area contributed by atoms with Crippen LogP contribution in [0.25, 0.3) is 10.8 Å². The topological polar surface area (TPSA) is 0 Å². The smallest absolute Gasteiger partial charge is 0.134 e. The van der Waals surface area contributed by atoms with Crippen LogP contribution >= 0.6 is 0 Å². The molecule has 1 aliphatic rings. The Morgan fingerprint density at radius 2 is 1.63 bits per heavy atom. The van der Waals surface area contributed by atoms with E-state index in [-0.39, 0.29) is 5.82 Å². The summed E-state index contributed by atoms with van der Waals surface area (Å²) in [6, 6.07) is 18.5. The van der Waals surface area contributed by atoms with E-state index in [0.29, 0.717) is 5.92 Å². The van der Waals surface area contributed by atoms with Crippen molar-refractivity contribution in [3.05, 3.63) is 94.8 Å². The third-order valence-corrected chi connectivity index (χ3v) is 7.63. The van der Waals surface area contributed by atoms with Crippen LogP contribution in [0.4, 0.5) is 4.39 Å². The summed E-state index contributed by atoms with van der Waals surface area (Å²) in [5.74, 6) is 7.71. The third-order valence-electron chi connectivity index (χ3n) is 7.63. The molecule has 0 N–H and O–H groups in total. The van der Waals surface area contributed by atoms with E-state index in [2.05, 4.69) is 68.2 Å². The van der Waals surface area contributed by atoms with Gasteiger partial charge in [0.1, 0.15) is 5.82 Å². The first-order chi connectivity index (χ1) is 17.2. The molecule has 0 spiro atoms. The van der Waals surface area contributed by atoms with Gasteiger partial charge in [0.25, 0.3) is 0 Å². The van der Waals surface area contributed by atoms with E-state index in [0.717, 1.165) is 59.1 Å². The average Bonchev–Trinajstić information content (AvgIpc) is 2.89. The number of halogens is 1. The second-order valence-corrected chi connectivity index (χ2v) is 10.2. The monoisotopic (exact) mass is 466 g/mol. The molecule has 35 heavy (non-hydrogen) atoms. The second-order valence-electron chi connectivity index (χ2n) is 10.2. The molecule has 0 heterocycles. The van der Waals surface area contributed by atoms with Gasteiger partial charge in [-0.2, -0.15) is 0 Å². The highest BCUT2D eigenvalue weighted by Gasteiger charge is 2.24. The van der Waals surface area contributed by atoms with Crippen LogP contribution in [0.3, 0.4) is 0 Å². The summed E-state index contributed by atoms with van der Waals surface area (Å²) in [5.41, 5.74) is 4.18. The van der Waals surface area contributed by atoms with Crippen molar-refractivity contribution >= 4 is 10.8 Å². The van der Waals surface area contributed by atoms with Gasteiger partial charge in [-0.1, -0.05) is 86.9 Å². The van der Waals surface area contributed by atoms with Crippen molar-refractivity contribution in [3.63, 3.8) is 0 Å². The van der Waals surface area contributed by atoms with E-state index >= 15 is 4.39 Å². The van der Waals surface area contributed by atoms with Crippen LogP contribution in [0.2, 0.25) is 0 Å². The Bertz CT molecular complexity index is 1180. The fraction of sp³-hybridized carbons (Fsp3) is 0.412. The average molecular weight is 467 g/mol. The maximum atomic E-state index is 15.5. The molecular formula is C34H39F. The van der Waals surface area contributed by atoms with Crippen LogP contribution in [0.5, 0.6) is 0 Å². The summed E-state index contributed by atoms with van der Waals surface area (Å²) in [6.45, 7) is 4.32. The molecule has 0 aromatic heterocycles. The summed E-state index contributed by atoms with van der Waals surface area (Å²) in [6.07, 6.45) is 16.5. The first-order valence-corrected chi connectivity index (χ1v) is 13.6. The maximum absolute atomic E-state index is 15.5. The summed E-state index contributed by atoms with van der Waals surface area (Å²) < 4.78 is 15.5. The first kappa shape index (κ1) is 25.2. The van der Waals surface area contributed by atoms with E-state index < -0.39 is 0 Å². The predicted molar refractivity (Wildman–Crippen MR) is 148 cm³/mol. The number of aryl methyl sites for hydroxylation is 1. The van der Waals surface area contributed by atoms with Crippen molar-refractivity contribution in [1.82, 2.24) is 0 Å². The Kier molecular flexibility index (Phi) is 9.19. The number of benzene rings is 3. The lowest BCUT2D eigenvalue weighted by atomic mass is 9.76. The van der Waals surface area contributed by atoms with Gasteiger partial charge >= 0.3 is 0 Å². The number of unbranched alkanes of at least 4 members (excludes halogenated alkanes) is 2. The van der Waals surface area contributed by atoms with Gasteiger partial charge in [0, 0.05) is 16.5 Å². The van der Waals surface area contributed by atoms with Gasteiger partial charge in [0.15, 0.2) is 0 Å². The van der Waals surface area contributed by atoms with Crippen molar-refractivity contribution in [2.45, 2.75) is 84.0 Å². The van der Waals surface area contributed by atoms with Gasteiger partial charge in [0.05, 0.1) is 0 Å². The molecule has 1 fully saturated rings. The zero-order valence-corrected chi connectivity index (χ0v) is 21.5. The molecule has 1 heteroatoms. The molecule has 3 aromatic rings. The number of hydrogen-bond acceptors (Lipinski definition) is 0. The van der Waals surface area contributed by atoms with Crippen LogP contribution in [0.1, 0.15) is 99.8 Å². The van der Waals surface area contributed by atoms with Crippen LogP contribution in [0, 0.1) is 23.6 Å². The number of allylic oxidation sites excluding steroid dienone is 2. The maximum Gasteiger partial charge on any atom is 0.134 e. The lowest BCUT2D eigenvalue weighted by Crippen LogP contribution is -2.14. The molecule has 0 amide bonds. The fourth-order valence-corrected chi connectivity index (χ4v) is 5.46. The molecule has 0 nitrogen and oxygen atoms in total. The summed E-state index contributed by atoms with van der Waals surface area (Å²) in [4.78, 5) is 0. The van der Waals surface area contributed by atoms with Crippen LogP contribution in [0.15, 0.2) is 66.7 Å². The lowest BCUT2D eigenvalue weighted by molar-refractivity contribution is 0.299. The Morgan fingerprint density at radius 3 is 2.37 bits per heavy atom. The van der Waals surface area contributed by atoms with E-state index in [1.54, 1.807) is 0 Å². The Labute approximate surface area is 211 Å². The quantitative estimate of drug-likeness (QED) is 0.176. The number of fused-ring (bicyclic) bond motifs is 1. The van der Waals surface area contributed by atoms with Gasteiger partial charge in [0.2, 0.25) is 0 Å². The molecule has 0 radical (unpaired) electrons. The number of rotatable bonds is 8. The second kappa shape index (κ2) is 12.7. The highest BCUT2D eigenvalue weighted by atomic mass is 19.1. The molecule has 0 atom stereocenters. The van der Waals surface area contributed by atoms with Gasteiger partial charge in [-0.3, -0.25) is 0 Å². The lowest BCUT2D eigenvalue weighted by Gasteiger charge is -2.29. The van der Waals surface area contributed by atoms with E-state index in [4.69, 9.17) is 0 Å². The molecule has 1 aliphatic carbocycles. The van der Waals surface area contributed by atoms with Crippen molar-refractivity contribution in [2.24, 2.45) is 5.92 Å². The van der Waals surface area contributed by atoms with Crippen LogP contribution < -0.4 is 0 Å². The van der Waals surface area contributed by atoms with Gasteiger partial charge < -0.3 is 0 Å². The SMILES string of the molecule is C/C=C/CCc1ccc(C#Cc2ccc3c(F)c(C4CCC(CCCCC)CC4)ccc3c2)cc1. The summed E-state index contributed by atoms with van der Waals surface area (Å²) in [7, 11) is 0. The van der Waals surface area contributed by atoms with E-state index in [1.807, 2.05) is 24.3 Å². The first-order valence-electron chi connectivity index (χ1n) is 13.6. The normalized spacial score (nSPS) is 18.0. The Morgan fingerprint density at radius 1 is 0.886 bits per heavy atom. The largest absolute Gasteiger partial charge is 0.206 e. The minimum absolute atomic E-state index is 0.0232. The van der Waals surface area contributed by atoms with E-state index in [1.165, 1.54) is 44.1 Å². The minimum Gasteiger partial charge on any atom is -0.206 e. The van der Waals surface area contributed by atoms with Crippen LogP contribution in [-0.2, 0) is 6.42 Å². The molecule has 0 unspecified atom stereocenters. The van der Waals surface area contributed by atoms with Crippen molar-refractivity contribution in [3.8, 4) is 11.8 Å². The predicted octanol–water partition coefficient (Wildman–Crippen LogP) is 9.74. The summed E-state index contributed by atoms with van der Waals surface area (Å²) in [5, 5.41) is 1.66. The van der Waals surface area contributed by atoms with Crippen molar-refractivity contribution in [2.75, 3.05) is 0 Å². The molecule has 0 bridgehead atoms. The van der Waals surface area contributed by atoms with E-state index in [9.17, 15) is 0 Å². The van der Waals surface area contributed by atoms with Crippen LogP contribution in [-0.4, -0.2) is 0 Å². The molecule has 0 aliphatic heterocycles. The van der Waals surface area contributed by atoms with Crippen molar-refractivity contribution < 1.29 is 4.39 Å². The fourth-order valence-electron chi connectivity index (χ4n) is 5.46. The highest BCUT2D eigenvalue weighted by molar-refractivity contribution is 5.85. The zero-order valence-electron chi connectivity index (χ0n) is 21.5. The van der Waals surface area contributed by atoms with Crippen molar-refractivity contribution in [1.29, 1.82) is 0 Å². The molecule has 182 valence electrons. The minimum atomic E-state index is -0.0232. The Balaban J connectivity index is 1.42. The molecule has 1 saturated carbocycles.